The molecular formula is C17H20N2O3S. The number of hydrogen-bond donors (Lipinski definition) is 0. The Hall–Kier alpha value is -1.82. The van der Waals surface area contributed by atoms with Crippen LogP contribution in [0, 0.1) is 0 Å². The molecule has 2 heterocycles. The summed E-state index contributed by atoms with van der Waals surface area (Å²) < 4.78 is 0. The molecule has 0 bridgehead atoms. The number of amides is 3. The van der Waals surface area contributed by atoms with Crippen molar-refractivity contribution in [3.8, 4) is 0 Å². The van der Waals surface area contributed by atoms with E-state index < -0.39 is 0 Å². The highest BCUT2D eigenvalue weighted by atomic mass is 32.2. The predicted octanol–water partition coefficient (Wildman–Crippen LogP) is 1.84. The molecule has 5 nitrogen and oxygen atoms in total. The minimum Gasteiger partial charge on any atom is -0.340 e. The van der Waals surface area contributed by atoms with Crippen LogP contribution in [0.15, 0.2) is 30.3 Å². The molecule has 0 N–H and O–H groups in total. The summed E-state index contributed by atoms with van der Waals surface area (Å²) in [6.45, 7) is 1.24. The fraction of sp³-hybridized carbons (Fsp3) is 0.471. The van der Waals surface area contributed by atoms with E-state index in [4.69, 9.17) is 0 Å². The fourth-order valence-corrected chi connectivity index (χ4v) is 4.22. The van der Waals surface area contributed by atoms with E-state index in [1.807, 2.05) is 30.0 Å². The Morgan fingerprint density at radius 2 is 1.78 bits per heavy atom. The molecule has 2 aliphatic heterocycles. The zero-order valence-corrected chi connectivity index (χ0v) is 13.8. The molecule has 0 radical (unpaired) electrons. The van der Waals surface area contributed by atoms with Crippen LogP contribution in [-0.4, -0.2) is 52.9 Å². The molecule has 2 saturated heterocycles. The lowest BCUT2D eigenvalue weighted by molar-refractivity contribution is -0.145. The van der Waals surface area contributed by atoms with Gasteiger partial charge in [0.05, 0.1) is 0 Å². The predicted molar refractivity (Wildman–Crippen MR) is 88.8 cm³/mol. The van der Waals surface area contributed by atoms with Crippen molar-refractivity contribution in [1.29, 1.82) is 0 Å². The zero-order chi connectivity index (χ0) is 16.2. The molecule has 1 aromatic carbocycles. The number of carbonyl (C=O) groups excluding carboxylic acids is 3. The van der Waals surface area contributed by atoms with Gasteiger partial charge in [-0.25, -0.2) is 0 Å². The average molecular weight is 332 g/mol. The van der Waals surface area contributed by atoms with Crippen LogP contribution >= 0.6 is 11.8 Å². The second-order valence-electron chi connectivity index (χ2n) is 5.81. The number of hydrogen-bond acceptors (Lipinski definition) is 4. The maximum absolute atomic E-state index is 12.4. The van der Waals surface area contributed by atoms with Crippen molar-refractivity contribution >= 4 is 29.5 Å². The smallest absolute Gasteiger partial charge is 0.242 e. The summed E-state index contributed by atoms with van der Waals surface area (Å²) in [6, 6.07) is 10.3. The van der Waals surface area contributed by atoms with Crippen molar-refractivity contribution in [2.45, 2.75) is 24.5 Å². The Balaban J connectivity index is 1.58. The van der Waals surface area contributed by atoms with E-state index >= 15 is 0 Å². The first-order valence-electron chi connectivity index (χ1n) is 7.92. The lowest BCUT2D eigenvalue weighted by Crippen LogP contribution is -2.43. The van der Waals surface area contributed by atoms with E-state index in [2.05, 4.69) is 12.1 Å². The van der Waals surface area contributed by atoms with Gasteiger partial charge >= 0.3 is 0 Å². The first kappa shape index (κ1) is 16.1. The number of benzene rings is 1. The molecule has 23 heavy (non-hydrogen) atoms. The summed E-state index contributed by atoms with van der Waals surface area (Å²) in [5, 5.41) is 0.393. The van der Waals surface area contributed by atoms with Gasteiger partial charge in [-0.3, -0.25) is 19.3 Å². The molecule has 0 saturated carbocycles. The van der Waals surface area contributed by atoms with Crippen LogP contribution in [0.4, 0.5) is 0 Å². The molecule has 0 spiro atoms. The van der Waals surface area contributed by atoms with Gasteiger partial charge in [-0.15, -0.1) is 0 Å². The largest absolute Gasteiger partial charge is 0.340 e. The Kier molecular flexibility index (Phi) is 5.00. The maximum Gasteiger partial charge on any atom is 0.242 e. The lowest BCUT2D eigenvalue weighted by atomic mass is 10.1. The van der Waals surface area contributed by atoms with E-state index in [1.165, 1.54) is 5.56 Å². The van der Waals surface area contributed by atoms with Crippen molar-refractivity contribution in [1.82, 2.24) is 9.80 Å². The fourth-order valence-electron chi connectivity index (χ4n) is 2.99. The van der Waals surface area contributed by atoms with Crippen molar-refractivity contribution < 1.29 is 14.4 Å². The first-order valence-corrected chi connectivity index (χ1v) is 8.97. The lowest BCUT2D eigenvalue weighted by Gasteiger charge is -2.23. The summed E-state index contributed by atoms with van der Waals surface area (Å²) in [6.07, 6.45) is 1.36. The molecule has 0 aliphatic carbocycles. The number of rotatable bonds is 3. The highest BCUT2D eigenvalue weighted by Gasteiger charge is 2.32. The number of thioether (sulfide) groups is 1. The van der Waals surface area contributed by atoms with Crippen LogP contribution < -0.4 is 0 Å². The van der Waals surface area contributed by atoms with Gasteiger partial charge in [0.1, 0.15) is 6.54 Å². The minimum absolute atomic E-state index is 0.0989. The molecule has 0 aromatic heterocycles. The highest BCUT2D eigenvalue weighted by Crippen LogP contribution is 2.34. The molecule has 3 rings (SSSR count). The zero-order valence-electron chi connectivity index (χ0n) is 12.9. The van der Waals surface area contributed by atoms with Crippen molar-refractivity contribution in [3.63, 3.8) is 0 Å². The molecule has 6 heteroatoms. The Morgan fingerprint density at radius 3 is 2.48 bits per heavy atom. The van der Waals surface area contributed by atoms with Crippen molar-refractivity contribution in [3.05, 3.63) is 35.9 Å². The molecule has 1 atom stereocenters. The van der Waals surface area contributed by atoms with E-state index in [9.17, 15) is 14.4 Å². The summed E-state index contributed by atoms with van der Waals surface area (Å²) in [5.74, 6) is 0.292. The average Bonchev–Trinajstić information content (AvgIpc) is 2.79. The second-order valence-corrected chi connectivity index (χ2v) is 7.12. The molecule has 3 amide bonds. The number of imide groups is 1. The van der Waals surface area contributed by atoms with Gasteiger partial charge < -0.3 is 4.90 Å². The summed E-state index contributed by atoms with van der Waals surface area (Å²) in [5.41, 5.74) is 1.29. The second kappa shape index (κ2) is 7.17. The van der Waals surface area contributed by atoms with Gasteiger partial charge in [0.2, 0.25) is 17.7 Å². The summed E-state index contributed by atoms with van der Waals surface area (Å²) in [7, 11) is 0. The SMILES string of the molecule is O=C(CN1C(=O)CCC1=O)N1CCSC(c2ccccc2)CC1. The van der Waals surface area contributed by atoms with E-state index in [-0.39, 0.29) is 37.1 Å². The summed E-state index contributed by atoms with van der Waals surface area (Å²) >= 11 is 1.86. The number of carbonyl (C=O) groups is 3. The molecule has 122 valence electrons. The van der Waals surface area contributed by atoms with Crippen LogP contribution in [-0.2, 0) is 14.4 Å². The van der Waals surface area contributed by atoms with Crippen LogP contribution in [0.25, 0.3) is 0 Å². The van der Waals surface area contributed by atoms with E-state index in [1.54, 1.807) is 4.90 Å². The van der Waals surface area contributed by atoms with Gasteiger partial charge in [0, 0.05) is 36.9 Å². The van der Waals surface area contributed by atoms with Gasteiger partial charge in [-0.05, 0) is 12.0 Å². The van der Waals surface area contributed by atoms with Crippen LogP contribution in [0.3, 0.4) is 0 Å². The van der Waals surface area contributed by atoms with Crippen LogP contribution in [0.5, 0.6) is 0 Å². The maximum atomic E-state index is 12.4. The van der Waals surface area contributed by atoms with E-state index in [0.29, 0.717) is 18.3 Å². The van der Waals surface area contributed by atoms with Gasteiger partial charge in [0.15, 0.2) is 0 Å². The quantitative estimate of drug-likeness (QED) is 0.793. The van der Waals surface area contributed by atoms with Crippen molar-refractivity contribution in [2.75, 3.05) is 25.4 Å². The number of likely N-dealkylation sites (tertiary alicyclic amines) is 1. The topological polar surface area (TPSA) is 57.7 Å². The normalized spacial score (nSPS) is 22.3. The van der Waals surface area contributed by atoms with Gasteiger partial charge in [-0.1, -0.05) is 30.3 Å². The molecule has 1 aromatic rings. The van der Waals surface area contributed by atoms with Gasteiger partial charge in [0.25, 0.3) is 0 Å². The first-order chi connectivity index (χ1) is 11.1. The third-order valence-electron chi connectivity index (χ3n) is 4.31. The standard InChI is InChI=1S/C17H20N2O3S/c20-15-6-7-16(21)19(15)12-17(22)18-9-8-14(23-11-10-18)13-4-2-1-3-5-13/h1-5,14H,6-12H2. The third kappa shape index (κ3) is 3.75. The van der Waals surface area contributed by atoms with Gasteiger partial charge in [-0.2, -0.15) is 11.8 Å². The molecule has 2 aliphatic rings. The Bertz CT molecular complexity index is 589. The van der Waals surface area contributed by atoms with Crippen molar-refractivity contribution in [2.24, 2.45) is 0 Å². The minimum atomic E-state index is -0.227. The Labute approximate surface area is 140 Å². The monoisotopic (exact) mass is 332 g/mol. The number of nitrogens with zero attached hydrogens (tertiary/aromatic N) is 2. The van der Waals surface area contributed by atoms with E-state index in [0.717, 1.165) is 17.1 Å². The molecule has 2 fully saturated rings. The molecule has 1 unspecified atom stereocenters. The third-order valence-corrected chi connectivity index (χ3v) is 5.64. The Morgan fingerprint density at radius 1 is 1.09 bits per heavy atom. The summed E-state index contributed by atoms with van der Waals surface area (Å²) in [4.78, 5) is 38.6. The molecular weight excluding hydrogens is 312 g/mol. The van der Waals surface area contributed by atoms with Crippen LogP contribution in [0.1, 0.15) is 30.1 Å². The highest BCUT2D eigenvalue weighted by molar-refractivity contribution is 7.99. The van der Waals surface area contributed by atoms with Crippen LogP contribution in [0.2, 0.25) is 0 Å².